The van der Waals surface area contributed by atoms with Crippen LogP contribution in [0.25, 0.3) is 11.4 Å². The molecule has 0 aliphatic carbocycles. The molecule has 4 nitrogen and oxygen atoms in total. The van der Waals surface area contributed by atoms with Gasteiger partial charge in [-0.3, -0.25) is 0 Å². The minimum absolute atomic E-state index is 0.241. The van der Waals surface area contributed by atoms with Crippen molar-refractivity contribution < 1.29 is 4.52 Å². The largest absolute Gasteiger partial charge is 0.337 e. The Balaban J connectivity index is 2.39. The summed E-state index contributed by atoms with van der Waals surface area (Å²) in [6.45, 7) is 3.83. The molecule has 16 heavy (non-hydrogen) atoms. The summed E-state index contributed by atoms with van der Waals surface area (Å²) in [5.74, 6) is 1.01. The molecule has 1 aromatic carbocycles. The number of hydrogen-bond donors (Lipinski definition) is 1. The fourth-order valence-corrected chi connectivity index (χ4v) is 1.65. The zero-order valence-electron chi connectivity index (χ0n) is 9.07. The molecule has 0 bridgehead atoms. The Bertz CT molecular complexity index is 508. The molecule has 1 atom stereocenters. The van der Waals surface area contributed by atoms with Crippen LogP contribution in [-0.4, -0.2) is 10.1 Å². The van der Waals surface area contributed by atoms with E-state index in [0.717, 1.165) is 10.0 Å². The second-order valence-corrected chi connectivity index (χ2v) is 4.56. The van der Waals surface area contributed by atoms with Crippen LogP contribution in [0.2, 0.25) is 0 Å². The summed E-state index contributed by atoms with van der Waals surface area (Å²) in [6.07, 6.45) is 0. The summed E-state index contributed by atoms with van der Waals surface area (Å²) in [5, 5.41) is 3.89. The van der Waals surface area contributed by atoms with Gasteiger partial charge in [-0.05, 0) is 25.5 Å². The summed E-state index contributed by atoms with van der Waals surface area (Å²) in [7, 11) is 0. The Kier molecular flexibility index (Phi) is 3.07. The molecule has 2 rings (SSSR count). The number of rotatable bonds is 2. The van der Waals surface area contributed by atoms with Crippen molar-refractivity contribution in [3.8, 4) is 11.4 Å². The van der Waals surface area contributed by atoms with E-state index in [1.807, 2.05) is 32.0 Å². The number of nitrogens with two attached hydrogens (primary N) is 1. The molecule has 0 fully saturated rings. The first kappa shape index (κ1) is 11.3. The highest BCUT2D eigenvalue weighted by Crippen LogP contribution is 2.24. The lowest BCUT2D eigenvalue weighted by Gasteiger charge is -1.99. The number of hydrogen-bond acceptors (Lipinski definition) is 4. The van der Waals surface area contributed by atoms with Crippen LogP contribution in [0.4, 0.5) is 0 Å². The quantitative estimate of drug-likeness (QED) is 0.919. The van der Waals surface area contributed by atoms with Crippen molar-refractivity contribution in [2.45, 2.75) is 19.9 Å². The molecule has 2 N–H and O–H groups in total. The van der Waals surface area contributed by atoms with Crippen LogP contribution in [0, 0.1) is 6.92 Å². The summed E-state index contributed by atoms with van der Waals surface area (Å²) < 4.78 is 6.07. The van der Waals surface area contributed by atoms with Gasteiger partial charge >= 0.3 is 0 Å². The minimum Gasteiger partial charge on any atom is -0.337 e. The second kappa shape index (κ2) is 4.35. The smallest absolute Gasteiger partial charge is 0.243 e. The Labute approximate surface area is 102 Å². The van der Waals surface area contributed by atoms with Crippen molar-refractivity contribution in [2.24, 2.45) is 5.73 Å². The predicted octanol–water partition coefficient (Wildman–Crippen LogP) is 2.83. The SMILES string of the molecule is Cc1ccc(-c2noc([C@@H](C)N)n2)cc1Br. The lowest BCUT2D eigenvalue weighted by molar-refractivity contribution is 0.362. The van der Waals surface area contributed by atoms with E-state index in [2.05, 4.69) is 26.1 Å². The molecular weight excluding hydrogens is 270 g/mol. The third-order valence-corrected chi connectivity index (χ3v) is 3.12. The van der Waals surface area contributed by atoms with Crippen molar-refractivity contribution in [1.29, 1.82) is 0 Å². The average molecular weight is 282 g/mol. The van der Waals surface area contributed by atoms with Gasteiger partial charge in [0.05, 0.1) is 6.04 Å². The molecular formula is C11H12BrN3O. The first-order chi connectivity index (χ1) is 7.58. The molecule has 0 radical (unpaired) electrons. The minimum atomic E-state index is -0.241. The first-order valence-corrected chi connectivity index (χ1v) is 5.73. The van der Waals surface area contributed by atoms with E-state index >= 15 is 0 Å². The van der Waals surface area contributed by atoms with E-state index in [9.17, 15) is 0 Å². The fraction of sp³-hybridized carbons (Fsp3) is 0.273. The highest BCUT2D eigenvalue weighted by molar-refractivity contribution is 9.10. The number of aryl methyl sites for hydroxylation is 1. The third-order valence-electron chi connectivity index (χ3n) is 2.26. The average Bonchev–Trinajstić information content (AvgIpc) is 2.71. The van der Waals surface area contributed by atoms with Crippen LogP contribution < -0.4 is 5.73 Å². The molecule has 0 spiro atoms. The van der Waals surface area contributed by atoms with Gasteiger partial charge in [0.25, 0.3) is 0 Å². The van der Waals surface area contributed by atoms with Gasteiger partial charge in [0.15, 0.2) is 0 Å². The van der Waals surface area contributed by atoms with Gasteiger partial charge < -0.3 is 10.3 Å². The zero-order valence-corrected chi connectivity index (χ0v) is 10.7. The van der Waals surface area contributed by atoms with Crippen LogP contribution in [0.3, 0.4) is 0 Å². The Morgan fingerprint density at radius 1 is 1.44 bits per heavy atom. The molecule has 0 aliphatic rings. The molecule has 1 aromatic heterocycles. The van der Waals surface area contributed by atoms with Crippen LogP contribution >= 0.6 is 15.9 Å². The molecule has 5 heteroatoms. The van der Waals surface area contributed by atoms with Crippen molar-refractivity contribution in [1.82, 2.24) is 10.1 Å². The maximum absolute atomic E-state index is 5.65. The lowest BCUT2D eigenvalue weighted by Crippen LogP contribution is -2.04. The molecule has 2 aromatic rings. The Hall–Kier alpha value is -1.20. The van der Waals surface area contributed by atoms with E-state index in [1.54, 1.807) is 0 Å². The van der Waals surface area contributed by atoms with Gasteiger partial charge in [-0.1, -0.05) is 33.2 Å². The summed E-state index contributed by atoms with van der Waals surface area (Å²) in [4.78, 5) is 4.23. The normalized spacial score (nSPS) is 12.8. The van der Waals surface area contributed by atoms with Crippen LogP contribution in [0.15, 0.2) is 27.2 Å². The third kappa shape index (κ3) is 2.15. The highest BCUT2D eigenvalue weighted by atomic mass is 79.9. The maximum atomic E-state index is 5.65. The number of halogens is 1. The van der Waals surface area contributed by atoms with E-state index in [-0.39, 0.29) is 6.04 Å². The highest BCUT2D eigenvalue weighted by Gasteiger charge is 2.12. The van der Waals surface area contributed by atoms with Crippen molar-refractivity contribution in [3.63, 3.8) is 0 Å². The standard InChI is InChI=1S/C11H12BrN3O/c1-6-3-4-8(5-9(6)12)10-14-11(7(2)13)16-15-10/h3-5,7H,13H2,1-2H3/t7-/m1/s1. The van der Waals surface area contributed by atoms with E-state index in [4.69, 9.17) is 10.3 Å². The summed E-state index contributed by atoms with van der Waals surface area (Å²) in [6, 6.07) is 5.68. The molecule has 0 aliphatic heterocycles. The Morgan fingerprint density at radius 2 is 2.19 bits per heavy atom. The lowest BCUT2D eigenvalue weighted by atomic mass is 10.1. The second-order valence-electron chi connectivity index (χ2n) is 3.71. The molecule has 0 unspecified atom stereocenters. The molecule has 0 amide bonds. The Morgan fingerprint density at radius 3 is 2.75 bits per heavy atom. The van der Waals surface area contributed by atoms with Crippen LogP contribution in [0.1, 0.15) is 24.4 Å². The van der Waals surface area contributed by atoms with Gasteiger partial charge in [0.2, 0.25) is 11.7 Å². The van der Waals surface area contributed by atoms with Gasteiger partial charge in [-0.2, -0.15) is 4.98 Å². The molecule has 1 heterocycles. The van der Waals surface area contributed by atoms with Crippen molar-refractivity contribution in [2.75, 3.05) is 0 Å². The van der Waals surface area contributed by atoms with Gasteiger partial charge in [0, 0.05) is 10.0 Å². The monoisotopic (exact) mass is 281 g/mol. The predicted molar refractivity (Wildman–Crippen MR) is 64.8 cm³/mol. The van der Waals surface area contributed by atoms with Crippen molar-refractivity contribution in [3.05, 3.63) is 34.1 Å². The summed E-state index contributed by atoms with van der Waals surface area (Å²) in [5.41, 5.74) is 7.73. The number of benzene rings is 1. The van der Waals surface area contributed by atoms with Crippen LogP contribution in [0.5, 0.6) is 0 Å². The molecule has 84 valence electrons. The first-order valence-electron chi connectivity index (χ1n) is 4.93. The van der Waals surface area contributed by atoms with E-state index in [1.165, 1.54) is 5.56 Å². The number of aromatic nitrogens is 2. The van der Waals surface area contributed by atoms with Gasteiger partial charge in [-0.15, -0.1) is 0 Å². The summed E-state index contributed by atoms with van der Waals surface area (Å²) >= 11 is 3.47. The molecule has 0 saturated carbocycles. The molecule has 0 saturated heterocycles. The number of nitrogens with zero attached hydrogens (tertiary/aromatic N) is 2. The van der Waals surface area contributed by atoms with Crippen molar-refractivity contribution >= 4 is 15.9 Å². The topological polar surface area (TPSA) is 64.9 Å². The van der Waals surface area contributed by atoms with Crippen LogP contribution in [-0.2, 0) is 0 Å². The van der Waals surface area contributed by atoms with E-state index in [0.29, 0.717) is 11.7 Å². The fourth-order valence-electron chi connectivity index (χ4n) is 1.27. The maximum Gasteiger partial charge on any atom is 0.243 e. The van der Waals surface area contributed by atoms with E-state index < -0.39 is 0 Å². The van der Waals surface area contributed by atoms with Gasteiger partial charge in [-0.25, -0.2) is 0 Å². The zero-order chi connectivity index (χ0) is 11.7. The van der Waals surface area contributed by atoms with Gasteiger partial charge in [0.1, 0.15) is 0 Å².